The van der Waals surface area contributed by atoms with Crippen LogP contribution in [0.25, 0.3) is 0 Å². The zero-order chi connectivity index (χ0) is 21.5. The molecule has 2 aromatic carbocycles. The van der Waals surface area contributed by atoms with Crippen molar-refractivity contribution in [2.75, 3.05) is 38.5 Å². The van der Waals surface area contributed by atoms with Crippen molar-refractivity contribution in [3.05, 3.63) is 60.2 Å². The second-order valence-electron chi connectivity index (χ2n) is 7.65. The van der Waals surface area contributed by atoms with Crippen molar-refractivity contribution in [1.29, 1.82) is 0 Å². The molecule has 2 aliphatic rings. The van der Waals surface area contributed by atoms with Crippen molar-refractivity contribution in [2.24, 2.45) is 0 Å². The Morgan fingerprint density at radius 2 is 1.77 bits per heavy atom. The van der Waals surface area contributed by atoms with Crippen LogP contribution in [-0.4, -0.2) is 61.4 Å². The summed E-state index contributed by atoms with van der Waals surface area (Å²) >= 11 is 1.64. The van der Waals surface area contributed by atoms with Crippen LogP contribution in [0.4, 0.5) is 4.79 Å². The first kappa shape index (κ1) is 21.5. The smallest absolute Gasteiger partial charge is 0.317 e. The summed E-state index contributed by atoms with van der Waals surface area (Å²) in [5.41, 5.74) is 0.952. The molecule has 0 saturated carbocycles. The number of carbonyl (C=O) groups excluding carboxylic acids is 2. The maximum Gasteiger partial charge on any atom is 0.317 e. The van der Waals surface area contributed by atoms with Gasteiger partial charge >= 0.3 is 6.03 Å². The fraction of sp³-hybridized carbons (Fsp3) is 0.391. The fourth-order valence-electron chi connectivity index (χ4n) is 3.68. The molecule has 0 bridgehead atoms. The number of piperazine rings is 1. The monoisotopic (exact) mass is 440 g/mol. The Bertz CT molecular complexity index is 872. The number of urea groups is 1. The van der Waals surface area contributed by atoms with Crippen LogP contribution in [0.2, 0.25) is 0 Å². The number of nitrogens with one attached hydrogen (secondary N) is 3. The molecule has 0 aromatic heterocycles. The molecule has 2 heterocycles. The van der Waals surface area contributed by atoms with Crippen LogP contribution in [0.15, 0.2) is 54.6 Å². The Hall–Kier alpha value is -2.71. The molecule has 0 aliphatic carbocycles. The number of carbonyl (C=O) groups is 2. The van der Waals surface area contributed by atoms with E-state index in [-0.39, 0.29) is 23.2 Å². The summed E-state index contributed by atoms with van der Waals surface area (Å²) in [7, 11) is 0. The Labute approximate surface area is 186 Å². The van der Waals surface area contributed by atoms with E-state index in [2.05, 4.69) is 16.0 Å². The summed E-state index contributed by atoms with van der Waals surface area (Å²) < 4.78 is 5.84. The third kappa shape index (κ3) is 5.92. The highest BCUT2D eigenvalue weighted by molar-refractivity contribution is 8.00. The maximum atomic E-state index is 12.9. The summed E-state index contributed by atoms with van der Waals surface area (Å²) in [6.45, 7) is 3.52. The third-order valence-electron chi connectivity index (χ3n) is 5.40. The van der Waals surface area contributed by atoms with Gasteiger partial charge in [0.1, 0.15) is 16.7 Å². The van der Waals surface area contributed by atoms with Crippen molar-refractivity contribution < 1.29 is 14.3 Å². The summed E-state index contributed by atoms with van der Waals surface area (Å²) in [6, 6.07) is 17.2. The quantitative estimate of drug-likeness (QED) is 0.666. The molecule has 0 radical (unpaired) electrons. The van der Waals surface area contributed by atoms with Gasteiger partial charge in [0.2, 0.25) is 5.91 Å². The molecule has 2 aromatic rings. The van der Waals surface area contributed by atoms with Crippen LogP contribution >= 0.6 is 11.8 Å². The number of hydrogen-bond acceptors (Lipinski definition) is 5. The minimum absolute atomic E-state index is 0.0133. The van der Waals surface area contributed by atoms with Gasteiger partial charge < -0.3 is 25.6 Å². The van der Waals surface area contributed by atoms with Gasteiger partial charge in [-0.05, 0) is 42.0 Å². The van der Waals surface area contributed by atoms with Gasteiger partial charge in [-0.3, -0.25) is 4.79 Å². The van der Waals surface area contributed by atoms with E-state index in [1.54, 1.807) is 11.8 Å². The third-order valence-corrected chi connectivity index (χ3v) is 6.69. The Morgan fingerprint density at radius 1 is 1.06 bits per heavy atom. The number of benzene rings is 2. The molecule has 4 rings (SSSR count). The first-order valence-electron chi connectivity index (χ1n) is 10.7. The van der Waals surface area contributed by atoms with E-state index in [4.69, 9.17) is 4.74 Å². The highest BCUT2D eigenvalue weighted by Crippen LogP contribution is 2.33. The normalized spacial score (nSPS) is 21.7. The molecule has 2 atom stereocenters. The average molecular weight is 441 g/mol. The molecule has 2 aliphatic heterocycles. The lowest BCUT2D eigenvalue weighted by Gasteiger charge is -2.28. The summed E-state index contributed by atoms with van der Waals surface area (Å²) in [5.74, 6) is 2.35. The highest BCUT2D eigenvalue weighted by Gasteiger charge is 2.28. The molecule has 7 nitrogen and oxygen atoms in total. The summed E-state index contributed by atoms with van der Waals surface area (Å²) in [6.07, 6.45) is 0.823. The summed E-state index contributed by atoms with van der Waals surface area (Å²) in [5, 5.41) is 9.05. The Kier molecular flexibility index (Phi) is 7.32. The zero-order valence-electron chi connectivity index (χ0n) is 17.4. The molecule has 8 heteroatoms. The van der Waals surface area contributed by atoms with Crippen LogP contribution in [-0.2, 0) is 4.79 Å². The molecule has 0 unspecified atom stereocenters. The summed E-state index contributed by atoms with van der Waals surface area (Å²) in [4.78, 5) is 27.0. The van der Waals surface area contributed by atoms with Crippen LogP contribution in [0.5, 0.6) is 11.5 Å². The molecule has 2 saturated heterocycles. The zero-order valence-corrected chi connectivity index (χ0v) is 18.2. The van der Waals surface area contributed by atoms with E-state index in [1.807, 2.05) is 59.5 Å². The minimum atomic E-state index is -0.264. The molecule has 3 amide bonds. The van der Waals surface area contributed by atoms with Crippen LogP contribution < -0.4 is 20.7 Å². The van der Waals surface area contributed by atoms with E-state index >= 15 is 0 Å². The lowest BCUT2D eigenvalue weighted by molar-refractivity contribution is -0.121. The lowest BCUT2D eigenvalue weighted by Crippen LogP contribution is -2.52. The van der Waals surface area contributed by atoms with E-state index in [0.29, 0.717) is 19.6 Å². The molecule has 0 spiro atoms. The van der Waals surface area contributed by atoms with Gasteiger partial charge in [0.15, 0.2) is 0 Å². The van der Waals surface area contributed by atoms with E-state index in [9.17, 15) is 9.59 Å². The Balaban J connectivity index is 1.30. The van der Waals surface area contributed by atoms with Crippen LogP contribution in [0.3, 0.4) is 0 Å². The predicted octanol–water partition coefficient (Wildman–Crippen LogP) is 2.76. The topological polar surface area (TPSA) is 82.7 Å². The largest absolute Gasteiger partial charge is 0.457 e. The number of nitrogens with zero attached hydrogens (tertiary/aromatic N) is 1. The minimum Gasteiger partial charge on any atom is -0.457 e. The van der Waals surface area contributed by atoms with Crippen LogP contribution in [0.1, 0.15) is 17.2 Å². The van der Waals surface area contributed by atoms with Crippen molar-refractivity contribution >= 4 is 23.7 Å². The van der Waals surface area contributed by atoms with E-state index < -0.39 is 0 Å². The molecule has 3 N–H and O–H groups in total. The average Bonchev–Trinajstić information content (AvgIpc) is 3.00. The number of rotatable bonds is 5. The van der Waals surface area contributed by atoms with Crippen molar-refractivity contribution in [3.63, 3.8) is 0 Å². The van der Waals surface area contributed by atoms with E-state index in [1.165, 1.54) is 0 Å². The van der Waals surface area contributed by atoms with Gasteiger partial charge in [-0.25, -0.2) is 4.79 Å². The standard InChI is InChI=1S/C23H28N4O3S/c28-22-21(17-6-8-20(9-7-17)30-19-4-2-1-3-5-19)31-15-10-18(26-22)16-25-23(29)27-13-11-24-12-14-27/h1-9,18,21,24H,10-16H2,(H,25,29)(H,26,28)/t18-,21+/m0/s1. The second kappa shape index (κ2) is 10.5. The Morgan fingerprint density at radius 3 is 2.52 bits per heavy atom. The van der Waals surface area contributed by atoms with Gasteiger partial charge in [-0.1, -0.05) is 30.3 Å². The SMILES string of the molecule is O=C1N[C@H](CNC(=O)N2CCNCC2)CCS[C@@H]1c1ccc(Oc2ccccc2)cc1. The van der Waals surface area contributed by atoms with Gasteiger partial charge in [0.25, 0.3) is 0 Å². The molecule has 164 valence electrons. The van der Waals surface area contributed by atoms with Crippen LogP contribution in [0, 0.1) is 0 Å². The van der Waals surface area contributed by atoms with Crippen molar-refractivity contribution in [3.8, 4) is 11.5 Å². The molecule has 2 fully saturated rings. The van der Waals surface area contributed by atoms with Gasteiger partial charge in [0.05, 0.1) is 0 Å². The number of para-hydroxylation sites is 1. The first-order chi connectivity index (χ1) is 15.2. The number of amides is 3. The number of hydrogen-bond donors (Lipinski definition) is 3. The first-order valence-corrected chi connectivity index (χ1v) is 11.7. The molecular formula is C23H28N4O3S. The van der Waals surface area contributed by atoms with Crippen molar-refractivity contribution in [1.82, 2.24) is 20.9 Å². The fourth-order valence-corrected chi connectivity index (χ4v) is 4.90. The second-order valence-corrected chi connectivity index (χ2v) is 8.87. The maximum absolute atomic E-state index is 12.9. The van der Waals surface area contributed by atoms with Gasteiger partial charge in [-0.2, -0.15) is 0 Å². The predicted molar refractivity (Wildman–Crippen MR) is 123 cm³/mol. The highest BCUT2D eigenvalue weighted by atomic mass is 32.2. The number of ether oxygens (including phenoxy) is 1. The van der Waals surface area contributed by atoms with Gasteiger partial charge in [0, 0.05) is 38.8 Å². The number of thioether (sulfide) groups is 1. The van der Waals surface area contributed by atoms with Crippen molar-refractivity contribution in [2.45, 2.75) is 17.7 Å². The lowest BCUT2D eigenvalue weighted by atomic mass is 10.1. The van der Waals surface area contributed by atoms with Gasteiger partial charge in [-0.15, -0.1) is 11.8 Å². The molecule has 31 heavy (non-hydrogen) atoms. The van der Waals surface area contributed by atoms with E-state index in [0.717, 1.165) is 42.3 Å². The molecular weight excluding hydrogens is 412 g/mol.